The van der Waals surface area contributed by atoms with Gasteiger partial charge in [0.1, 0.15) is 5.69 Å². The average molecular weight is 390 g/mol. The predicted molar refractivity (Wildman–Crippen MR) is 97.9 cm³/mol. The number of piperidine rings is 2. The van der Waals surface area contributed by atoms with Crippen molar-refractivity contribution in [2.45, 2.75) is 37.3 Å². The van der Waals surface area contributed by atoms with E-state index in [0.29, 0.717) is 64.0 Å². The Bertz CT molecular complexity index is 713. The predicted octanol–water partition coefficient (Wildman–Crippen LogP) is 0.799. The molecular weight excluding hydrogens is 364 g/mol. The van der Waals surface area contributed by atoms with Gasteiger partial charge in [-0.3, -0.25) is 4.79 Å². The van der Waals surface area contributed by atoms with Gasteiger partial charge in [0.2, 0.25) is 5.95 Å². The maximum Gasteiger partial charge on any atom is 0.272 e. The van der Waals surface area contributed by atoms with Crippen LogP contribution in [0.4, 0.5) is 5.95 Å². The molecule has 9 heteroatoms. The number of hydrogen-bond acceptors (Lipinski definition) is 8. The standard InChI is InChI=1S/C19H26N4O5/c24-16(22-7-2-18(3-8-22)25-11-12-26-18)15-1-6-20-17(21-15)23-9-4-19(5-10-23)27-13-14-28-19/h1,6H,2-5,7-14H2. The van der Waals surface area contributed by atoms with Gasteiger partial charge in [0.15, 0.2) is 11.6 Å². The van der Waals surface area contributed by atoms with Crippen LogP contribution in [0, 0.1) is 0 Å². The van der Waals surface area contributed by atoms with E-state index in [9.17, 15) is 4.79 Å². The molecule has 0 aromatic carbocycles. The van der Waals surface area contributed by atoms with Gasteiger partial charge < -0.3 is 28.7 Å². The quantitative estimate of drug-likeness (QED) is 0.733. The minimum absolute atomic E-state index is 0.0626. The monoisotopic (exact) mass is 390 g/mol. The molecule has 4 aliphatic heterocycles. The number of hydrogen-bond donors (Lipinski definition) is 0. The summed E-state index contributed by atoms with van der Waals surface area (Å²) in [5.41, 5.74) is 0.433. The van der Waals surface area contributed by atoms with Crippen molar-refractivity contribution < 1.29 is 23.7 Å². The smallest absolute Gasteiger partial charge is 0.272 e. The minimum atomic E-state index is -0.484. The van der Waals surface area contributed by atoms with Crippen LogP contribution in [-0.2, 0) is 18.9 Å². The topological polar surface area (TPSA) is 86.3 Å². The van der Waals surface area contributed by atoms with Gasteiger partial charge in [0.25, 0.3) is 5.91 Å². The Balaban J connectivity index is 1.22. The van der Waals surface area contributed by atoms with E-state index in [1.165, 1.54) is 0 Å². The van der Waals surface area contributed by atoms with Gasteiger partial charge in [-0.05, 0) is 6.07 Å². The molecule has 4 aliphatic rings. The summed E-state index contributed by atoms with van der Waals surface area (Å²) in [6.07, 6.45) is 4.62. The number of carbonyl (C=O) groups excluding carboxylic acids is 1. The molecule has 0 bridgehead atoms. The number of anilines is 1. The van der Waals surface area contributed by atoms with E-state index in [1.807, 2.05) is 4.90 Å². The summed E-state index contributed by atoms with van der Waals surface area (Å²) in [7, 11) is 0. The molecule has 5 rings (SSSR count). The largest absolute Gasteiger partial charge is 0.347 e. The molecule has 2 spiro atoms. The van der Waals surface area contributed by atoms with Crippen molar-refractivity contribution in [1.29, 1.82) is 0 Å². The first kappa shape index (κ1) is 18.2. The average Bonchev–Trinajstić information content (AvgIpc) is 3.39. The molecular formula is C19H26N4O5. The fraction of sp³-hybridized carbons (Fsp3) is 0.737. The van der Waals surface area contributed by atoms with Crippen molar-refractivity contribution >= 4 is 11.9 Å². The zero-order valence-electron chi connectivity index (χ0n) is 16.0. The summed E-state index contributed by atoms with van der Waals surface area (Å²) >= 11 is 0. The maximum atomic E-state index is 12.9. The van der Waals surface area contributed by atoms with Crippen LogP contribution < -0.4 is 4.90 Å². The number of aromatic nitrogens is 2. The molecule has 4 saturated heterocycles. The Morgan fingerprint density at radius 3 is 1.96 bits per heavy atom. The lowest BCUT2D eigenvalue weighted by Crippen LogP contribution is -2.47. The van der Waals surface area contributed by atoms with Gasteiger partial charge in [0, 0.05) is 58.1 Å². The number of ether oxygens (including phenoxy) is 4. The third kappa shape index (κ3) is 3.36. The molecule has 0 unspecified atom stereocenters. The molecule has 1 aromatic heterocycles. The van der Waals surface area contributed by atoms with E-state index in [2.05, 4.69) is 14.9 Å². The summed E-state index contributed by atoms with van der Waals surface area (Å²) in [5.74, 6) is -0.387. The molecule has 0 radical (unpaired) electrons. The molecule has 0 atom stereocenters. The van der Waals surface area contributed by atoms with Crippen LogP contribution in [0.2, 0.25) is 0 Å². The van der Waals surface area contributed by atoms with E-state index >= 15 is 0 Å². The first-order valence-corrected chi connectivity index (χ1v) is 10.1. The Morgan fingerprint density at radius 1 is 0.857 bits per heavy atom. The summed E-state index contributed by atoms with van der Waals surface area (Å²) in [5, 5.41) is 0. The molecule has 0 saturated carbocycles. The highest BCUT2D eigenvalue weighted by Gasteiger charge is 2.42. The molecule has 1 amide bonds. The van der Waals surface area contributed by atoms with Crippen LogP contribution in [0.15, 0.2) is 12.3 Å². The van der Waals surface area contributed by atoms with Gasteiger partial charge >= 0.3 is 0 Å². The first-order chi connectivity index (χ1) is 13.7. The SMILES string of the molecule is O=C(c1ccnc(N2CCC3(CC2)OCCO3)n1)N1CCC2(CC1)OCCO2. The number of likely N-dealkylation sites (tertiary alicyclic amines) is 1. The normalized spacial score (nSPS) is 26.3. The van der Waals surface area contributed by atoms with Gasteiger partial charge in [-0.15, -0.1) is 0 Å². The molecule has 9 nitrogen and oxygen atoms in total. The van der Waals surface area contributed by atoms with Gasteiger partial charge in [-0.2, -0.15) is 0 Å². The summed E-state index contributed by atoms with van der Waals surface area (Å²) < 4.78 is 23.0. The third-order valence-electron chi connectivity index (χ3n) is 6.11. The van der Waals surface area contributed by atoms with Crippen LogP contribution in [-0.4, -0.2) is 85.0 Å². The highest BCUT2D eigenvalue weighted by molar-refractivity contribution is 5.92. The number of nitrogens with zero attached hydrogens (tertiary/aromatic N) is 4. The molecule has 28 heavy (non-hydrogen) atoms. The Kier molecular flexibility index (Phi) is 4.70. The fourth-order valence-corrected chi connectivity index (χ4v) is 4.45. The zero-order valence-corrected chi connectivity index (χ0v) is 16.0. The second-order valence-corrected chi connectivity index (χ2v) is 7.74. The first-order valence-electron chi connectivity index (χ1n) is 10.1. The van der Waals surface area contributed by atoms with Gasteiger partial charge in [-0.1, -0.05) is 0 Å². The van der Waals surface area contributed by atoms with Crippen LogP contribution in [0.25, 0.3) is 0 Å². The second kappa shape index (κ2) is 7.22. The second-order valence-electron chi connectivity index (χ2n) is 7.74. The summed E-state index contributed by atoms with van der Waals surface area (Å²) in [6, 6.07) is 1.69. The Morgan fingerprint density at radius 2 is 1.39 bits per heavy atom. The molecule has 1 aromatic rings. The zero-order chi connectivity index (χ0) is 19.0. The minimum Gasteiger partial charge on any atom is -0.347 e. The van der Waals surface area contributed by atoms with Crippen molar-refractivity contribution in [2.75, 3.05) is 57.5 Å². The van der Waals surface area contributed by atoms with Crippen molar-refractivity contribution in [3.05, 3.63) is 18.0 Å². The van der Waals surface area contributed by atoms with Gasteiger partial charge in [-0.25, -0.2) is 9.97 Å². The lowest BCUT2D eigenvalue weighted by Gasteiger charge is -2.38. The van der Waals surface area contributed by atoms with Crippen molar-refractivity contribution in [3.8, 4) is 0 Å². The van der Waals surface area contributed by atoms with E-state index in [-0.39, 0.29) is 5.91 Å². The molecule has 152 valence electrons. The summed E-state index contributed by atoms with van der Waals surface area (Å²) in [4.78, 5) is 25.8. The molecule has 5 heterocycles. The number of rotatable bonds is 2. The Hall–Kier alpha value is -1.81. The van der Waals surface area contributed by atoms with Crippen molar-refractivity contribution in [2.24, 2.45) is 0 Å². The molecule has 0 aliphatic carbocycles. The highest BCUT2D eigenvalue weighted by Crippen LogP contribution is 2.33. The van der Waals surface area contributed by atoms with E-state index < -0.39 is 11.6 Å². The Labute approximate surface area is 163 Å². The van der Waals surface area contributed by atoms with Gasteiger partial charge in [0.05, 0.1) is 26.4 Å². The lowest BCUT2D eigenvalue weighted by molar-refractivity contribution is -0.181. The molecule has 4 fully saturated rings. The van der Waals surface area contributed by atoms with Crippen LogP contribution >= 0.6 is 0 Å². The van der Waals surface area contributed by atoms with E-state index in [4.69, 9.17) is 18.9 Å². The van der Waals surface area contributed by atoms with Crippen LogP contribution in [0.3, 0.4) is 0 Å². The van der Waals surface area contributed by atoms with Crippen molar-refractivity contribution in [1.82, 2.24) is 14.9 Å². The fourth-order valence-electron chi connectivity index (χ4n) is 4.45. The highest BCUT2D eigenvalue weighted by atomic mass is 16.7. The third-order valence-corrected chi connectivity index (χ3v) is 6.11. The number of amides is 1. The summed E-state index contributed by atoms with van der Waals surface area (Å²) in [6.45, 7) is 5.31. The number of carbonyl (C=O) groups is 1. The van der Waals surface area contributed by atoms with Crippen molar-refractivity contribution in [3.63, 3.8) is 0 Å². The van der Waals surface area contributed by atoms with E-state index in [1.54, 1.807) is 12.3 Å². The lowest BCUT2D eigenvalue weighted by atomic mass is 10.0. The maximum absolute atomic E-state index is 12.9. The van der Waals surface area contributed by atoms with E-state index in [0.717, 1.165) is 25.9 Å². The van der Waals surface area contributed by atoms with Crippen LogP contribution in [0.5, 0.6) is 0 Å². The molecule has 0 N–H and O–H groups in total. The van der Waals surface area contributed by atoms with Crippen LogP contribution in [0.1, 0.15) is 36.2 Å².